The van der Waals surface area contributed by atoms with Gasteiger partial charge in [-0.25, -0.2) is 13.4 Å². The minimum Gasteiger partial charge on any atom is -0.497 e. The van der Waals surface area contributed by atoms with Crippen LogP contribution in [0.4, 0.5) is 5.13 Å². The first-order valence-electron chi connectivity index (χ1n) is 8.68. The second kappa shape index (κ2) is 9.70. The van der Waals surface area contributed by atoms with Gasteiger partial charge in [0, 0.05) is 18.3 Å². The summed E-state index contributed by atoms with van der Waals surface area (Å²) in [7, 11) is -2.20. The maximum Gasteiger partial charge on any atom is 0.263 e. The second-order valence-corrected chi connectivity index (χ2v) is 9.00. The van der Waals surface area contributed by atoms with Crippen molar-refractivity contribution >= 4 is 32.4 Å². The number of carbonyl (C=O) groups is 1. The predicted octanol–water partition coefficient (Wildman–Crippen LogP) is 3.05. The zero-order chi connectivity index (χ0) is 19.9. The van der Waals surface area contributed by atoms with E-state index < -0.39 is 10.0 Å². The highest BCUT2D eigenvalue weighted by Gasteiger charge is 2.16. The highest BCUT2D eigenvalue weighted by molar-refractivity contribution is 7.93. The van der Waals surface area contributed by atoms with Crippen molar-refractivity contribution in [1.82, 2.24) is 10.3 Å². The number of nitrogens with one attached hydrogen (secondary N) is 2. The highest BCUT2D eigenvalue weighted by atomic mass is 32.2. The molecular weight excluding hydrogens is 386 g/mol. The van der Waals surface area contributed by atoms with Crippen LogP contribution in [0.5, 0.6) is 5.75 Å². The Morgan fingerprint density at radius 2 is 1.96 bits per heavy atom. The summed E-state index contributed by atoms with van der Waals surface area (Å²) in [4.78, 5) is 16.2. The quantitative estimate of drug-likeness (QED) is 0.626. The molecule has 0 radical (unpaired) electrons. The molecule has 0 fully saturated rings. The van der Waals surface area contributed by atoms with Gasteiger partial charge in [-0.15, -0.1) is 11.3 Å². The fraction of sp³-hybridized carbons (Fsp3) is 0.444. The molecule has 27 heavy (non-hydrogen) atoms. The summed E-state index contributed by atoms with van der Waals surface area (Å²) in [5, 5.41) is 4.91. The Bertz CT molecular complexity index is 846. The summed E-state index contributed by atoms with van der Waals surface area (Å²) in [6.07, 6.45) is 1.74. The van der Waals surface area contributed by atoms with Crippen LogP contribution in [0, 0.1) is 5.92 Å². The van der Waals surface area contributed by atoms with E-state index in [1.165, 1.54) is 30.6 Å². The molecule has 1 amide bonds. The number of amides is 1. The maximum absolute atomic E-state index is 12.4. The molecule has 1 aromatic carbocycles. The van der Waals surface area contributed by atoms with Gasteiger partial charge in [-0.05, 0) is 43.0 Å². The highest BCUT2D eigenvalue weighted by Crippen LogP contribution is 2.22. The molecule has 0 spiro atoms. The van der Waals surface area contributed by atoms with Gasteiger partial charge >= 0.3 is 0 Å². The second-order valence-electron chi connectivity index (χ2n) is 6.46. The molecule has 2 rings (SSSR count). The van der Waals surface area contributed by atoms with Gasteiger partial charge in [-0.1, -0.05) is 13.8 Å². The lowest BCUT2D eigenvalue weighted by molar-refractivity contribution is -0.121. The normalized spacial score (nSPS) is 11.4. The first-order chi connectivity index (χ1) is 12.8. The Morgan fingerprint density at radius 3 is 2.59 bits per heavy atom. The van der Waals surface area contributed by atoms with Crippen molar-refractivity contribution in [2.24, 2.45) is 5.92 Å². The lowest BCUT2D eigenvalue weighted by atomic mass is 10.1. The number of aryl methyl sites for hydroxylation is 1. The molecule has 0 bridgehead atoms. The van der Waals surface area contributed by atoms with Gasteiger partial charge in [0.2, 0.25) is 5.91 Å². The fourth-order valence-corrected chi connectivity index (χ4v) is 4.23. The van der Waals surface area contributed by atoms with E-state index in [1.54, 1.807) is 17.5 Å². The smallest absolute Gasteiger partial charge is 0.263 e. The molecule has 0 aliphatic carbocycles. The average molecular weight is 412 g/mol. The van der Waals surface area contributed by atoms with Crippen molar-refractivity contribution in [3.05, 3.63) is 35.3 Å². The van der Waals surface area contributed by atoms with Crippen LogP contribution < -0.4 is 14.8 Å². The van der Waals surface area contributed by atoms with Crippen LogP contribution in [0.3, 0.4) is 0 Å². The number of ether oxygens (including phenoxy) is 1. The Labute approximate surface area is 164 Å². The number of anilines is 1. The average Bonchev–Trinajstić information content (AvgIpc) is 3.06. The minimum absolute atomic E-state index is 0.0241. The van der Waals surface area contributed by atoms with E-state index >= 15 is 0 Å². The molecule has 1 heterocycles. The number of methoxy groups -OCH3 is 1. The van der Waals surface area contributed by atoms with E-state index in [-0.39, 0.29) is 15.9 Å². The lowest BCUT2D eigenvalue weighted by Gasteiger charge is -2.06. The topological polar surface area (TPSA) is 97.4 Å². The predicted molar refractivity (Wildman–Crippen MR) is 107 cm³/mol. The third-order valence-electron chi connectivity index (χ3n) is 3.80. The van der Waals surface area contributed by atoms with E-state index in [4.69, 9.17) is 4.74 Å². The molecule has 0 atom stereocenters. The molecular formula is C18H25N3O4S2. The van der Waals surface area contributed by atoms with Gasteiger partial charge in [0.25, 0.3) is 10.0 Å². The zero-order valence-corrected chi connectivity index (χ0v) is 17.3. The molecule has 0 aliphatic rings. The number of carbonyl (C=O) groups excluding carboxylic acids is 1. The Hall–Kier alpha value is -2.13. The molecule has 0 unspecified atom stereocenters. The summed E-state index contributed by atoms with van der Waals surface area (Å²) in [5.41, 5.74) is 0.687. The number of thiazole rings is 1. The lowest BCUT2D eigenvalue weighted by Crippen LogP contribution is -2.25. The van der Waals surface area contributed by atoms with Gasteiger partial charge < -0.3 is 10.1 Å². The summed E-state index contributed by atoms with van der Waals surface area (Å²) in [5.74, 6) is 1.10. The van der Waals surface area contributed by atoms with E-state index in [1.807, 2.05) is 0 Å². The summed E-state index contributed by atoms with van der Waals surface area (Å²) >= 11 is 1.19. The number of benzene rings is 1. The summed E-state index contributed by atoms with van der Waals surface area (Å²) < 4.78 is 32.3. The molecule has 2 N–H and O–H groups in total. The van der Waals surface area contributed by atoms with E-state index in [0.29, 0.717) is 36.7 Å². The van der Waals surface area contributed by atoms with E-state index in [2.05, 4.69) is 28.9 Å². The maximum atomic E-state index is 12.4. The number of nitrogens with zero attached hydrogens (tertiary/aromatic N) is 1. The molecule has 1 aromatic heterocycles. The van der Waals surface area contributed by atoms with Gasteiger partial charge in [-0.3, -0.25) is 9.52 Å². The first kappa shape index (κ1) is 21.2. The van der Waals surface area contributed by atoms with Crippen molar-refractivity contribution in [3.8, 4) is 5.75 Å². The van der Waals surface area contributed by atoms with Gasteiger partial charge in [0.05, 0.1) is 17.7 Å². The standard InChI is InChI=1S/C18H25N3O4S2/c1-13(2)10-11-19-17(22)9-4-14-12-26-18(20-14)21-27(23,24)16-7-5-15(25-3)6-8-16/h5-8,12-13H,4,9-11H2,1-3H3,(H,19,22)(H,20,21). The molecule has 148 valence electrons. The Kier molecular flexibility index (Phi) is 7.61. The molecule has 0 aliphatic heterocycles. The van der Waals surface area contributed by atoms with Crippen LogP contribution in [0.1, 0.15) is 32.4 Å². The summed E-state index contributed by atoms with van der Waals surface area (Å²) in [6.45, 7) is 4.88. The monoisotopic (exact) mass is 411 g/mol. The third kappa shape index (κ3) is 6.84. The first-order valence-corrected chi connectivity index (χ1v) is 11.0. The van der Waals surface area contributed by atoms with Crippen LogP contribution in [0.15, 0.2) is 34.5 Å². The molecule has 7 nitrogen and oxygen atoms in total. The number of hydrogen-bond donors (Lipinski definition) is 2. The molecule has 9 heteroatoms. The summed E-state index contributed by atoms with van der Waals surface area (Å²) in [6, 6.07) is 6.11. The minimum atomic E-state index is -3.71. The van der Waals surface area contributed by atoms with Crippen molar-refractivity contribution in [3.63, 3.8) is 0 Å². The third-order valence-corrected chi connectivity index (χ3v) is 6.09. The van der Waals surface area contributed by atoms with Gasteiger partial charge in [0.1, 0.15) is 5.75 Å². The number of aromatic nitrogens is 1. The van der Waals surface area contributed by atoms with Gasteiger partial charge in [-0.2, -0.15) is 0 Å². The number of sulfonamides is 1. The van der Waals surface area contributed by atoms with E-state index in [9.17, 15) is 13.2 Å². The van der Waals surface area contributed by atoms with Crippen molar-refractivity contribution in [2.75, 3.05) is 18.4 Å². The Balaban J connectivity index is 1.88. The molecule has 0 saturated heterocycles. The van der Waals surface area contributed by atoms with E-state index in [0.717, 1.165) is 6.42 Å². The van der Waals surface area contributed by atoms with Crippen LogP contribution >= 0.6 is 11.3 Å². The van der Waals surface area contributed by atoms with Crippen LogP contribution in [0.2, 0.25) is 0 Å². The van der Waals surface area contributed by atoms with Crippen molar-refractivity contribution in [1.29, 1.82) is 0 Å². The van der Waals surface area contributed by atoms with Crippen molar-refractivity contribution in [2.45, 2.75) is 38.0 Å². The van der Waals surface area contributed by atoms with Crippen LogP contribution in [-0.4, -0.2) is 33.0 Å². The zero-order valence-electron chi connectivity index (χ0n) is 15.7. The van der Waals surface area contributed by atoms with Gasteiger partial charge in [0.15, 0.2) is 5.13 Å². The van der Waals surface area contributed by atoms with Crippen LogP contribution in [0.25, 0.3) is 0 Å². The number of rotatable bonds is 10. The molecule has 2 aromatic rings. The molecule has 0 saturated carbocycles. The number of hydrogen-bond acceptors (Lipinski definition) is 6. The van der Waals surface area contributed by atoms with Crippen LogP contribution in [-0.2, 0) is 21.2 Å². The van der Waals surface area contributed by atoms with Crippen molar-refractivity contribution < 1.29 is 17.9 Å². The fourth-order valence-electron chi connectivity index (χ4n) is 2.23. The largest absolute Gasteiger partial charge is 0.497 e. The SMILES string of the molecule is COc1ccc(S(=O)(=O)Nc2nc(CCC(=O)NCCC(C)C)cs2)cc1. The Morgan fingerprint density at radius 1 is 1.26 bits per heavy atom.